The van der Waals surface area contributed by atoms with E-state index in [1.54, 1.807) is 0 Å². The fraction of sp³-hybridized carbons (Fsp3) is 0.462. The van der Waals surface area contributed by atoms with E-state index in [0.717, 1.165) is 11.4 Å². The molecule has 0 radical (unpaired) electrons. The first-order chi connectivity index (χ1) is 8.31. The molecule has 0 atom stereocenters. The molecule has 5 heteroatoms. The zero-order valence-electron chi connectivity index (χ0n) is 10.5. The van der Waals surface area contributed by atoms with Crippen molar-refractivity contribution in [1.82, 2.24) is 0 Å². The third-order valence-electron chi connectivity index (χ3n) is 3.37. The smallest absolute Gasteiger partial charge is 0.264 e. The maximum atomic E-state index is 10.7. The van der Waals surface area contributed by atoms with Gasteiger partial charge >= 0.3 is 0 Å². The van der Waals surface area contributed by atoms with Crippen LogP contribution in [0.15, 0.2) is 29.3 Å². The van der Waals surface area contributed by atoms with Crippen molar-refractivity contribution in [3.05, 3.63) is 29.8 Å². The Morgan fingerprint density at radius 3 is 2.56 bits per heavy atom. The average Bonchev–Trinajstić information content (AvgIpc) is 2.50. The van der Waals surface area contributed by atoms with Crippen LogP contribution in [0.1, 0.15) is 32.3 Å². The van der Waals surface area contributed by atoms with Crippen LogP contribution < -0.4 is 0 Å². The molecule has 98 valence electrons. The number of benzene rings is 1. The first-order valence-electron chi connectivity index (χ1n) is 5.93. The standard InChI is InChI=1S/C13H17NO3S/c1-13(2)10-6-3-4-7-11(10)14-12(13)8-5-9-18(15,16)17/h3-4,6-7H,5,8-9H2,1-2H3,(H,15,16,17). The molecule has 1 heterocycles. The highest BCUT2D eigenvalue weighted by Gasteiger charge is 2.33. The quantitative estimate of drug-likeness (QED) is 0.853. The molecule has 0 unspecified atom stereocenters. The number of nitrogens with zero attached hydrogens (tertiary/aromatic N) is 1. The molecule has 0 spiro atoms. The first kappa shape index (κ1) is 13.2. The van der Waals surface area contributed by atoms with Crippen LogP contribution in [0.3, 0.4) is 0 Å². The highest BCUT2D eigenvalue weighted by molar-refractivity contribution is 7.85. The molecular weight excluding hydrogens is 250 g/mol. The highest BCUT2D eigenvalue weighted by Crippen LogP contribution is 2.40. The summed E-state index contributed by atoms with van der Waals surface area (Å²) in [6.45, 7) is 4.18. The van der Waals surface area contributed by atoms with Gasteiger partial charge in [-0.2, -0.15) is 8.42 Å². The molecule has 1 aliphatic heterocycles. The van der Waals surface area contributed by atoms with Crippen molar-refractivity contribution in [3.8, 4) is 0 Å². The maximum absolute atomic E-state index is 10.7. The third-order valence-corrected chi connectivity index (χ3v) is 4.17. The molecule has 1 aromatic rings. The zero-order chi connectivity index (χ0) is 13.4. The van der Waals surface area contributed by atoms with Gasteiger partial charge in [-0.05, 0) is 24.5 Å². The first-order valence-corrected chi connectivity index (χ1v) is 7.54. The molecule has 1 aliphatic rings. The highest BCUT2D eigenvalue weighted by atomic mass is 32.2. The van der Waals surface area contributed by atoms with Crippen LogP contribution in [0.4, 0.5) is 5.69 Å². The summed E-state index contributed by atoms with van der Waals surface area (Å²) in [7, 11) is -3.88. The third kappa shape index (κ3) is 2.62. The van der Waals surface area contributed by atoms with Gasteiger partial charge in [0.25, 0.3) is 10.1 Å². The molecule has 4 nitrogen and oxygen atoms in total. The summed E-state index contributed by atoms with van der Waals surface area (Å²) in [5.74, 6) is -0.210. The Kier molecular flexibility index (Phi) is 3.29. The van der Waals surface area contributed by atoms with Crippen LogP contribution in [0.2, 0.25) is 0 Å². The Hall–Kier alpha value is -1.20. The Balaban J connectivity index is 2.13. The van der Waals surface area contributed by atoms with Crippen LogP contribution in [0.25, 0.3) is 0 Å². The van der Waals surface area contributed by atoms with Crippen molar-refractivity contribution in [2.24, 2.45) is 4.99 Å². The number of aliphatic imine (C=N–C) groups is 1. The van der Waals surface area contributed by atoms with E-state index in [1.165, 1.54) is 5.56 Å². The second kappa shape index (κ2) is 4.48. The Morgan fingerprint density at radius 1 is 1.28 bits per heavy atom. The van der Waals surface area contributed by atoms with Gasteiger partial charge < -0.3 is 0 Å². The van der Waals surface area contributed by atoms with Gasteiger partial charge in [-0.1, -0.05) is 32.0 Å². The van der Waals surface area contributed by atoms with Crippen LogP contribution in [0.5, 0.6) is 0 Å². The lowest BCUT2D eigenvalue weighted by molar-refractivity contribution is 0.481. The second-order valence-electron chi connectivity index (χ2n) is 5.09. The maximum Gasteiger partial charge on any atom is 0.264 e. The van der Waals surface area contributed by atoms with E-state index < -0.39 is 10.1 Å². The summed E-state index contributed by atoms with van der Waals surface area (Å²) in [5, 5.41) is 0. The molecular formula is C13H17NO3S. The minimum absolute atomic E-state index is 0.157. The number of para-hydroxylation sites is 1. The van der Waals surface area contributed by atoms with Crippen molar-refractivity contribution < 1.29 is 13.0 Å². The molecule has 18 heavy (non-hydrogen) atoms. The van der Waals surface area contributed by atoms with Gasteiger partial charge in [0.2, 0.25) is 0 Å². The van der Waals surface area contributed by atoms with E-state index in [2.05, 4.69) is 24.9 Å². The monoisotopic (exact) mass is 267 g/mol. The molecule has 0 aliphatic carbocycles. The fourth-order valence-electron chi connectivity index (χ4n) is 2.33. The number of hydrogen-bond acceptors (Lipinski definition) is 3. The van der Waals surface area contributed by atoms with E-state index in [0.29, 0.717) is 12.8 Å². The topological polar surface area (TPSA) is 66.7 Å². The van der Waals surface area contributed by atoms with E-state index in [1.807, 2.05) is 18.2 Å². The summed E-state index contributed by atoms with van der Waals surface area (Å²) in [6.07, 6.45) is 0.983. The van der Waals surface area contributed by atoms with Crippen LogP contribution in [-0.4, -0.2) is 24.4 Å². The summed E-state index contributed by atoms with van der Waals surface area (Å²) >= 11 is 0. The average molecular weight is 267 g/mol. The number of hydrogen-bond donors (Lipinski definition) is 1. The lowest BCUT2D eigenvalue weighted by Gasteiger charge is -2.22. The summed E-state index contributed by atoms with van der Waals surface area (Å²) in [6, 6.07) is 7.94. The van der Waals surface area contributed by atoms with Gasteiger partial charge in [0.05, 0.1) is 11.4 Å². The normalized spacial score (nSPS) is 17.4. The molecule has 1 N–H and O–H groups in total. The minimum Gasteiger partial charge on any atom is -0.286 e. The Labute approximate surface area is 108 Å². The molecule has 0 aromatic heterocycles. The fourth-order valence-corrected chi connectivity index (χ4v) is 2.84. The molecule has 0 saturated carbocycles. The summed E-state index contributed by atoms with van der Waals surface area (Å²) in [5.41, 5.74) is 2.96. The Morgan fingerprint density at radius 2 is 1.94 bits per heavy atom. The van der Waals surface area contributed by atoms with E-state index in [9.17, 15) is 8.42 Å². The second-order valence-corrected chi connectivity index (χ2v) is 6.66. The van der Waals surface area contributed by atoms with Crippen LogP contribution >= 0.6 is 0 Å². The lowest BCUT2D eigenvalue weighted by atomic mass is 9.80. The predicted molar refractivity (Wildman–Crippen MR) is 72.2 cm³/mol. The molecule has 0 bridgehead atoms. The SMILES string of the molecule is CC1(C)C(CCCS(=O)(=O)O)=Nc2ccccc21. The number of fused-ring (bicyclic) bond motifs is 1. The predicted octanol–water partition coefficient (Wildman–Crippen LogP) is 2.72. The van der Waals surface area contributed by atoms with Gasteiger partial charge in [-0.3, -0.25) is 9.55 Å². The van der Waals surface area contributed by atoms with E-state index >= 15 is 0 Å². The van der Waals surface area contributed by atoms with Crippen molar-refractivity contribution in [2.75, 3.05) is 5.75 Å². The van der Waals surface area contributed by atoms with Gasteiger partial charge in [0, 0.05) is 11.1 Å². The molecule has 0 fully saturated rings. The number of rotatable bonds is 4. The van der Waals surface area contributed by atoms with Gasteiger partial charge in [-0.15, -0.1) is 0 Å². The summed E-state index contributed by atoms with van der Waals surface area (Å²) in [4.78, 5) is 4.56. The van der Waals surface area contributed by atoms with Crippen molar-refractivity contribution in [1.29, 1.82) is 0 Å². The largest absolute Gasteiger partial charge is 0.286 e. The zero-order valence-corrected chi connectivity index (χ0v) is 11.4. The van der Waals surface area contributed by atoms with E-state index in [-0.39, 0.29) is 11.2 Å². The van der Waals surface area contributed by atoms with Crippen molar-refractivity contribution in [3.63, 3.8) is 0 Å². The van der Waals surface area contributed by atoms with Crippen molar-refractivity contribution in [2.45, 2.75) is 32.1 Å². The molecule has 0 amide bonds. The minimum atomic E-state index is -3.88. The van der Waals surface area contributed by atoms with Gasteiger partial charge in [-0.25, -0.2) is 0 Å². The summed E-state index contributed by atoms with van der Waals surface area (Å²) < 4.78 is 30.1. The van der Waals surface area contributed by atoms with Gasteiger partial charge in [0.15, 0.2) is 0 Å². The van der Waals surface area contributed by atoms with E-state index in [4.69, 9.17) is 4.55 Å². The van der Waals surface area contributed by atoms with Crippen LogP contribution in [0, 0.1) is 0 Å². The molecule has 2 rings (SSSR count). The van der Waals surface area contributed by atoms with Gasteiger partial charge in [0.1, 0.15) is 0 Å². The Bertz CT molecular complexity index is 588. The van der Waals surface area contributed by atoms with Crippen molar-refractivity contribution >= 4 is 21.5 Å². The molecule has 0 saturated heterocycles. The lowest BCUT2D eigenvalue weighted by Crippen LogP contribution is -2.25. The molecule has 1 aromatic carbocycles. The van der Waals surface area contributed by atoms with Crippen LogP contribution in [-0.2, 0) is 15.5 Å².